The van der Waals surface area contributed by atoms with Crippen LogP contribution in [0.4, 0.5) is 15.8 Å². The van der Waals surface area contributed by atoms with Gasteiger partial charge in [0.25, 0.3) is 11.6 Å². The van der Waals surface area contributed by atoms with Crippen molar-refractivity contribution >= 4 is 17.3 Å². The van der Waals surface area contributed by atoms with Gasteiger partial charge < -0.3 is 11.1 Å². The number of carbonyl (C=O) groups excluding carboxylic acids is 1. The summed E-state index contributed by atoms with van der Waals surface area (Å²) in [4.78, 5) is 22.3. The molecule has 1 aromatic rings. The molecule has 0 spiro atoms. The summed E-state index contributed by atoms with van der Waals surface area (Å²) in [5.41, 5.74) is 3.92. The number of nitro benzene ring substituents is 1. The molecule has 6 nitrogen and oxygen atoms in total. The maximum atomic E-state index is 13.8. The van der Waals surface area contributed by atoms with Crippen LogP contribution in [0.25, 0.3) is 0 Å². The van der Waals surface area contributed by atoms with Gasteiger partial charge in [-0.25, -0.2) is 4.39 Å². The van der Waals surface area contributed by atoms with Crippen LogP contribution >= 0.6 is 0 Å². The predicted octanol–water partition coefficient (Wildman–Crippen LogP) is 2.48. The van der Waals surface area contributed by atoms with Crippen molar-refractivity contribution in [2.75, 3.05) is 5.73 Å². The monoisotopic (exact) mass is 295 g/mol. The van der Waals surface area contributed by atoms with Crippen LogP contribution in [0, 0.1) is 26.8 Å². The Hall–Kier alpha value is -2.18. The lowest BCUT2D eigenvalue weighted by molar-refractivity contribution is -0.384. The third kappa shape index (κ3) is 2.12. The molecule has 0 heterocycles. The van der Waals surface area contributed by atoms with Crippen molar-refractivity contribution < 1.29 is 14.1 Å². The summed E-state index contributed by atoms with van der Waals surface area (Å²) in [6.07, 6.45) is 0. The van der Waals surface area contributed by atoms with Crippen molar-refractivity contribution in [2.24, 2.45) is 10.8 Å². The fourth-order valence-corrected chi connectivity index (χ4v) is 2.73. The minimum Gasteiger partial charge on any atom is -0.392 e. The first kappa shape index (κ1) is 15.2. The minimum absolute atomic E-state index is 0.130. The van der Waals surface area contributed by atoms with E-state index >= 15 is 0 Å². The zero-order chi connectivity index (χ0) is 16.2. The summed E-state index contributed by atoms with van der Waals surface area (Å²) >= 11 is 0. The molecule has 0 radical (unpaired) electrons. The zero-order valence-electron chi connectivity index (χ0n) is 12.4. The third-order valence-electron chi connectivity index (χ3n) is 4.89. The highest BCUT2D eigenvalue weighted by Gasteiger charge is 2.65. The highest BCUT2D eigenvalue weighted by molar-refractivity contribution is 6.01. The number of nitrogens with two attached hydrogens (primary N) is 1. The lowest BCUT2D eigenvalue weighted by Crippen LogP contribution is -2.31. The van der Waals surface area contributed by atoms with E-state index in [1.54, 1.807) is 0 Å². The van der Waals surface area contributed by atoms with Crippen molar-refractivity contribution in [3.63, 3.8) is 0 Å². The molecule has 7 heteroatoms. The van der Waals surface area contributed by atoms with Crippen LogP contribution in [-0.4, -0.2) is 16.9 Å². The summed E-state index contributed by atoms with van der Waals surface area (Å²) in [6, 6.07) is 1.69. The van der Waals surface area contributed by atoms with Crippen molar-refractivity contribution in [1.29, 1.82) is 0 Å². The molecular formula is C14H18FN3O3. The molecule has 0 aromatic heterocycles. The van der Waals surface area contributed by atoms with Gasteiger partial charge in [-0.2, -0.15) is 0 Å². The van der Waals surface area contributed by atoms with Crippen LogP contribution < -0.4 is 11.1 Å². The van der Waals surface area contributed by atoms with Gasteiger partial charge in [-0.1, -0.05) is 27.7 Å². The number of carbonyl (C=O) groups is 1. The van der Waals surface area contributed by atoms with E-state index < -0.39 is 33.6 Å². The summed E-state index contributed by atoms with van der Waals surface area (Å²) in [5, 5.41) is 13.5. The second kappa shape index (κ2) is 4.41. The van der Waals surface area contributed by atoms with E-state index in [2.05, 4.69) is 5.32 Å². The maximum absolute atomic E-state index is 13.8. The van der Waals surface area contributed by atoms with E-state index in [-0.39, 0.29) is 16.9 Å². The Kier molecular flexibility index (Phi) is 3.19. The first-order valence-corrected chi connectivity index (χ1v) is 6.55. The first-order valence-electron chi connectivity index (χ1n) is 6.55. The van der Waals surface area contributed by atoms with Crippen LogP contribution in [0.1, 0.15) is 38.1 Å². The Balaban J connectivity index is 2.33. The topological polar surface area (TPSA) is 98.3 Å². The van der Waals surface area contributed by atoms with Gasteiger partial charge in [-0.3, -0.25) is 14.9 Å². The SMILES string of the molecule is CC1(C)C(NC(=O)c2c(F)ccc([N+](=O)[O-])c2N)C1(C)C. The Morgan fingerprint density at radius 3 is 2.29 bits per heavy atom. The van der Waals surface area contributed by atoms with Crippen molar-refractivity contribution in [3.05, 3.63) is 33.6 Å². The third-order valence-corrected chi connectivity index (χ3v) is 4.89. The minimum atomic E-state index is -0.869. The number of nitro groups is 1. The number of hydrogen-bond acceptors (Lipinski definition) is 4. The average Bonchev–Trinajstić information content (AvgIpc) is 2.71. The van der Waals surface area contributed by atoms with E-state index in [1.807, 2.05) is 27.7 Å². The van der Waals surface area contributed by atoms with Gasteiger partial charge in [0, 0.05) is 12.1 Å². The molecule has 0 aliphatic heterocycles. The summed E-state index contributed by atoms with van der Waals surface area (Å²) in [7, 11) is 0. The summed E-state index contributed by atoms with van der Waals surface area (Å²) in [5.74, 6) is -1.59. The molecular weight excluding hydrogens is 277 g/mol. The Bertz CT molecular complexity index is 627. The Morgan fingerprint density at radius 2 is 1.86 bits per heavy atom. The van der Waals surface area contributed by atoms with Gasteiger partial charge in [-0.15, -0.1) is 0 Å². The molecule has 1 saturated carbocycles. The quantitative estimate of drug-likeness (QED) is 0.508. The average molecular weight is 295 g/mol. The molecule has 3 N–H and O–H groups in total. The smallest absolute Gasteiger partial charge is 0.293 e. The molecule has 1 fully saturated rings. The second-order valence-corrected chi connectivity index (χ2v) is 6.46. The molecule has 0 saturated heterocycles. The largest absolute Gasteiger partial charge is 0.392 e. The van der Waals surface area contributed by atoms with E-state index in [0.29, 0.717) is 0 Å². The van der Waals surface area contributed by atoms with Crippen molar-refractivity contribution in [3.8, 4) is 0 Å². The van der Waals surface area contributed by atoms with Gasteiger partial charge >= 0.3 is 0 Å². The number of anilines is 1. The van der Waals surface area contributed by atoms with E-state index in [4.69, 9.17) is 5.73 Å². The zero-order valence-corrected chi connectivity index (χ0v) is 12.4. The molecule has 1 amide bonds. The number of hydrogen-bond donors (Lipinski definition) is 2. The number of amides is 1. The molecule has 114 valence electrons. The fourth-order valence-electron chi connectivity index (χ4n) is 2.73. The number of benzene rings is 1. The van der Waals surface area contributed by atoms with Crippen LogP contribution in [-0.2, 0) is 0 Å². The molecule has 1 aliphatic rings. The number of nitrogens with zero attached hydrogens (tertiary/aromatic N) is 1. The number of nitrogen functional groups attached to an aromatic ring is 1. The Labute approximate surface area is 121 Å². The summed E-state index contributed by atoms with van der Waals surface area (Å²) < 4.78 is 13.8. The Morgan fingerprint density at radius 1 is 1.33 bits per heavy atom. The van der Waals surface area contributed by atoms with Crippen LogP contribution in [0.3, 0.4) is 0 Å². The van der Waals surface area contributed by atoms with Crippen LogP contribution in [0.15, 0.2) is 12.1 Å². The second-order valence-electron chi connectivity index (χ2n) is 6.46. The van der Waals surface area contributed by atoms with E-state index in [1.165, 1.54) is 0 Å². The number of rotatable bonds is 3. The fraction of sp³-hybridized carbons (Fsp3) is 0.500. The molecule has 0 unspecified atom stereocenters. The molecule has 1 aromatic carbocycles. The van der Waals surface area contributed by atoms with Crippen LogP contribution in [0.2, 0.25) is 0 Å². The number of nitrogens with one attached hydrogen (secondary N) is 1. The van der Waals surface area contributed by atoms with Gasteiger partial charge in [0.1, 0.15) is 17.1 Å². The normalized spacial score (nSPS) is 19.1. The van der Waals surface area contributed by atoms with Gasteiger partial charge in [0.2, 0.25) is 0 Å². The summed E-state index contributed by atoms with van der Waals surface area (Å²) in [6.45, 7) is 7.96. The highest BCUT2D eigenvalue weighted by atomic mass is 19.1. The predicted molar refractivity (Wildman–Crippen MR) is 76.3 cm³/mol. The molecule has 0 atom stereocenters. The molecule has 1 aliphatic carbocycles. The van der Waals surface area contributed by atoms with Crippen molar-refractivity contribution in [1.82, 2.24) is 5.32 Å². The van der Waals surface area contributed by atoms with Crippen LogP contribution in [0.5, 0.6) is 0 Å². The lowest BCUT2D eigenvalue weighted by atomic mass is 10.0. The molecule has 21 heavy (non-hydrogen) atoms. The lowest BCUT2D eigenvalue weighted by Gasteiger charge is -2.10. The molecule has 0 bridgehead atoms. The first-order chi connectivity index (χ1) is 9.51. The molecule has 2 rings (SSSR count). The highest BCUT2D eigenvalue weighted by Crippen LogP contribution is 2.62. The maximum Gasteiger partial charge on any atom is 0.293 e. The van der Waals surface area contributed by atoms with Gasteiger partial charge in [0.15, 0.2) is 0 Å². The van der Waals surface area contributed by atoms with Gasteiger partial charge in [-0.05, 0) is 16.9 Å². The van der Waals surface area contributed by atoms with E-state index in [0.717, 1.165) is 12.1 Å². The standard InChI is InChI=1S/C14H18FN3O3/c1-13(2)12(14(13,3)4)17-11(19)9-7(15)5-6-8(10(9)16)18(20)21/h5-6,12H,16H2,1-4H3,(H,17,19). The number of halogens is 1. The van der Waals surface area contributed by atoms with Crippen molar-refractivity contribution in [2.45, 2.75) is 33.7 Å². The van der Waals surface area contributed by atoms with Gasteiger partial charge in [0.05, 0.1) is 4.92 Å². The van der Waals surface area contributed by atoms with E-state index in [9.17, 15) is 19.3 Å².